The summed E-state index contributed by atoms with van der Waals surface area (Å²) in [6.07, 6.45) is 0.0181. The van der Waals surface area contributed by atoms with E-state index in [9.17, 15) is 9.59 Å². The predicted octanol–water partition coefficient (Wildman–Crippen LogP) is 1.48. The molecule has 0 spiro atoms. The Kier molecular flexibility index (Phi) is 2.99. The van der Waals surface area contributed by atoms with Gasteiger partial charge in [-0.3, -0.25) is 0 Å². The molecular weight excluding hydrogens is 288 g/mol. The number of rotatable bonds is 3. The first-order valence-electron chi connectivity index (χ1n) is 7.40. The first-order valence-corrected chi connectivity index (χ1v) is 7.40. The molecule has 22 heavy (non-hydrogen) atoms. The Morgan fingerprint density at radius 2 is 1.82 bits per heavy atom. The molecule has 4 aliphatic rings. The van der Waals surface area contributed by atoms with Crippen LogP contribution in [0.5, 0.6) is 0 Å². The van der Waals surface area contributed by atoms with Gasteiger partial charge in [-0.05, 0) is 12.1 Å². The van der Waals surface area contributed by atoms with Gasteiger partial charge in [-0.1, -0.05) is 19.1 Å². The van der Waals surface area contributed by atoms with Gasteiger partial charge in [0, 0.05) is 12.3 Å². The summed E-state index contributed by atoms with van der Waals surface area (Å²) < 4.78 is 17.3. The molecule has 6 atom stereocenters. The minimum absolute atomic E-state index is 0.0312. The van der Waals surface area contributed by atoms with Gasteiger partial charge in [0.15, 0.2) is 6.10 Å². The van der Waals surface area contributed by atoms with Crippen LogP contribution < -0.4 is 0 Å². The van der Waals surface area contributed by atoms with E-state index in [2.05, 4.69) is 6.92 Å². The highest BCUT2D eigenvalue weighted by atomic mass is 16.6. The molecule has 4 aliphatic heterocycles. The second-order valence-corrected chi connectivity index (χ2v) is 6.09. The van der Waals surface area contributed by atoms with E-state index in [-0.39, 0.29) is 35.5 Å². The maximum atomic E-state index is 12.4. The third-order valence-corrected chi connectivity index (χ3v) is 4.87. The van der Waals surface area contributed by atoms with E-state index in [1.165, 1.54) is 12.1 Å². The predicted molar refractivity (Wildman–Crippen MR) is 73.7 cm³/mol. The van der Waals surface area contributed by atoms with Gasteiger partial charge in [-0.25, -0.2) is 9.59 Å². The number of hydrogen-bond donors (Lipinski definition) is 1. The molecule has 4 bridgehead atoms. The Bertz CT molecular complexity index is 637. The lowest BCUT2D eigenvalue weighted by Gasteiger charge is -2.32. The zero-order valence-corrected chi connectivity index (χ0v) is 12.0. The molecule has 0 aromatic heterocycles. The van der Waals surface area contributed by atoms with Gasteiger partial charge in [0.1, 0.15) is 12.2 Å². The molecule has 0 saturated carbocycles. The summed E-state index contributed by atoms with van der Waals surface area (Å²) >= 11 is 0. The van der Waals surface area contributed by atoms with Gasteiger partial charge in [-0.15, -0.1) is 0 Å². The second-order valence-electron chi connectivity index (χ2n) is 6.09. The van der Waals surface area contributed by atoms with Crippen LogP contribution in [0.3, 0.4) is 0 Å². The monoisotopic (exact) mass is 304 g/mol. The zero-order valence-electron chi connectivity index (χ0n) is 12.0. The molecule has 0 aliphatic carbocycles. The van der Waals surface area contributed by atoms with Crippen molar-refractivity contribution >= 4 is 11.9 Å². The van der Waals surface area contributed by atoms with Crippen LogP contribution in [-0.4, -0.2) is 47.6 Å². The topological polar surface area (TPSA) is 82.1 Å². The van der Waals surface area contributed by atoms with E-state index in [4.69, 9.17) is 19.3 Å². The van der Waals surface area contributed by atoms with Crippen molar-refractivity contribution in [3.63, 3.8) is 0 Å². The molecule has 116 valence electrons. The van der Waals surface area contributed by atoms with Crippen molar-refractivity contribution in [3.05, 3.63) is 35.4 Å². The van der Waals surface area contributed by atoms with Crippen molar-refractivity contribution in [1.29, 1.82) is 0 Å². The minimum Gasteiger partial charge on any atom is -0.478 e. The molecule has 4 saturated heterocycles. The molecule has 5 rings (SSSR count). The lowest BCUT2D eigenvalue weighted by molar-refractivity contribution is -0.118. The largest absolute Gasteiger partial charge is 0.478 e. The number of ether oxygens (including phenoxy) is 3. The molecule has 4 fully saturated rings. The van der Waals surface area contributed by atoms with Crippen molar-refractivity contribution in [2.75, 3.05) is 0 Å². The lowest BCUT2D eigenvalue weighted by Crippen LogP contribution is -2.43. The molecule has 1 aromatic rings. The number of carbonyl (C=O) groups excluding carboxylic acids is 1. The first kappa shape index (κ1) is 13.7. The van der Waals surface area contributed by atoms with E-state index in [0.717, 1.165) is 0 Å². The van der Waals surface area contributed by atoms with E-state index in [1.807, 2.05) is 0 Å². The van der Waals surface area contributed by atoms with E-state index in [0.29, 0.717) is 12.3 Å². The van der Waals surface area contributed by atoms with Crippen LogP contribution in [0, 0.1) is 5.92 Å². The van der Waals surface area contributed by atoms with Crippen LogP contribution in [0.4, 0.5) is 0 Å². The fourth-order valence-electron chi connectivity index (χ4n) is 3.74. The smallest absolute Gasteiger partial charge is 0.339 e. The fourth-order valence-corrected chi connectivity index (χ4v) is 3.74. The number of aromatic carboxylic acids is 1. The van der Waals surface area contributed by atoms with Gasteiger partial charge in [0.05, 0.1) is 23.3 Å². The third-order valence-electron chi connectivity index (χ3n) is 4.87. The number of esters is 1. The van der Waals surface area contributed by atoms with E-state index in [1.54, 1.807) is 12.1 Å². The molecule has 1 aromatic carbocycles. The van der Waals surface area contributed by atoms with Gasteiger partial charge in [0.2, 0.25) is 0 Å². The number of carboxylic acid groups (broad SMARTS) is 1. The van der Waals surface area contributed by atoms with Crippen molar-refractivity contribution in [1.82, 2.24) is 0 Å². The summed E-state index contributed by atoms with van der Waals surface area (Å²) in [7, 11) is 0. The highest BCUT2D eigenvalue weighted by Crippen LogP contribution is 2.48. The van der Waals surface area contributed by atoms with Crippen LogP contribution in [0.25, 0.3) is 0 Å². The average molecular weight is 304 g/mol. The van der Waals surface area contributed by atoms with Gasteiger partial charge >= 0.3 is 11.9 Å². The second kappa shape index (κ2) is 4.79. The molecule has 0 unspecified atom stereocenters. The van der Waals surface area contributed by atoms with Crippen molar-refractivity contribution in [2.45, 2.75) is 43.9 Å². The normalized spacial score (nSPS) is 38.2. The van der Waals surface area contributed by atoms with Gasteiger partial charge in [-0.2, -0.15) is 0 Å². The molecule has 4 heterocycles. The maximum Gasteiger partial charge on any atom is 0.339 e. The lowest BCUT2D eigenvalue weighted by atomic mass is 9.97. The molecule has 6 heteroatoms. The Morgan fingerprint density at radius 1 is 1.14 bits per heavy atom. The Morgan fingerprint density at radius 3 is 2.55 bits per heavy atom. The Labute approximate surface area is 127 Å². The number of benzene rings is 1. The van der Waals surface area contributed by atoms with Crippen LogP contribution in [0.1, 0.15) is 34.1 Å². The summed E-state index contributed by atoms with van der Waals surface area (Å²) in [6.45, 7) is 2.08. The summed E-state index contributed by atoms with van der Waals surface area (Å²) in [4.78, 5) is 23.6. The molecular formula is C16H16O6. The Hall–Kier alpha value is -1.92. The number of carbonyl (C=O) groups is 2. The van der Waals surface area contributed by atoms with Crippen LogP contribution in [0.2, 0.25) is 0 Å². The number of hydrogen-bond acceptors (Lipinski definition) is 5. The summed E-state index contributed by atoms with van der Waals surface area (Å²) in [6, 6.07) is 6.04. The fraction of sp³-hybridized carbons (Fsp3) is 0.500. The maximum absolute atomic E-state index is 12.4. The average Bonchev–Trinajstić information content (AvgIpc) is 2.86. The summed E-state index contributed by atoms with van der Waals surface area (Å²) in [5, 5.41) is 9.16. The van der Waals surface area contributed by atoms with Crippen LogP contribution in [-0.2, 0) is 14.2 Å². The number of carboxylic acids is 1. The molecule has 0 amide bonds. The molecule has 1 N–H and O–H groups in total. The van der Waals surface area contributed by atoms with Crippen molar-refractivity contribution in [2.24, 2.45) is 5.92 Å². The molecule has 0 radical (unpaired) electrons. The Balaban J connectivity index is 1.56. The first-order chi connectivity index (χ1) is 10.6. The van der Waals surface area contributed by atoms with Crippen molar-refractivity contribution in [3.8, 4) is 0 Å². The van der Waals surface area contributed by atoms with Crippen molar-refractivity contribution < 1.29 is 28.9 Å². The van der Waals surface area contributed by atoms with E-state index < -0.39 is 18.0 Å². The zero-order chi connectivity index (χ0) is 15.4. The minimum atomic E-state index is -1.15. The SMILES string of the molecule is C[C@@H]1[C@H]2O[C@H]3C[C@@H]1O[C@@H]2[C@H]3OC(=O)c1ccccc1C(=O)O. The quantitative estimate of drug-likeness (QED) is 0.852. The standard InChI is InChI=1S/C16H16O6/c1-7-10-6-11-13(14(20-10)12(7)21-11)22-16(19)9-5-3-2-4-8(9)15(17)18/h2-5,7,10-14H,6H2,1H3,(H,17,18)/t7-,10-,11-,12+,13-,14-/m0/s1. The highest BCUT2D eigenvalue weighted by molar-refractivity contribution is 6.02. The van der Waals surface area contributed by atoms with Gasteiger partial charge < -0.3 is 19.3 Å². The van der Waals surface area contributed by atoms with Crippen LogP contribution in [0.15, 0.2) is 24.3 Å². The molecule has 6 nitrogen and oxygen atoms in total. The highest BCUT2D eigenvalue weighted by Gasteiger charge is 2.61. The summed E-state index contributed by atoms with van der Waals surface area (Å²) in [5.74, 6) is -1.49. The third kappa shape index (κ3) is 1.87. The van der Waals surface area contributed by atoms with Crippen LogP contribution >= 0.6 is 0 Å². The van der Waals surface area contributed by atoms with Gasteiger partial charge in [0.25, 0.3) is 0 Å². The summed E-state index contributed by atoms with van der Waals surface area (Å²) in [5.41, 5.74) is -0.00414. The van der Waals surface area contributed by atoms with E-state index >= 15 is 0 Å².